The highest BCUT2D eigenvalue weighted by Gasteiger charge is 2.31. The van der Waals surface area contributed by atoms with E-state index in [1.54, 1.807) is 12.1 Å². The molecule has 1 aliphatic rings. The van der Waals surface area contributed by atoms with Crippen LogP contribution in [0, 0.1) is 11.2 Å². The fourth-order valence-electron chi connectivity index (χ4n) is 2.78. The first-order chi connectivity index (χ1) is 9.36. The summed E-state index contributed by atoms with van der Waals surface area (Å²) in [6, 6.07) is 8.02. The Bertz CT molecular complexity index is 439. The molecule has 1 N–H and O–H groups in total. The molecule has 1 aromatic carbocycles. The van der Waals surface area contributed by atoms with Gasteiger partial charge < -0.3 is 5.32 Å². The minimum Gasteiger partial charge on any atom is -0.311 e. The largest absolute Gasteiger partial charge is 0.311 e. The van der Waals surface area contributed by atoms with Gasteiger partial charge in [0.05, 0.1) is 0 Å². The van der Waals surface area contributed by atoms with Gasteiger partial charge in [0.2, 0.25) is 0 Å². The third kappa shape index (κ3) is 4.03. The highest BCUT2D eigenvalue weighted by Crippen LogP contribution is 2.23. The lowest BCUT2D eigenvalue weighted by atomic mass is 9.84. The summed E-state index contributed by atoms with van der Waals surface area (Å²) in [6.07, 6.45) is 0.916. The van der Waals surface area contributed by atoms with E-state index in [-0.39, 0.29) is 11.2 Å². The van der Waals surface area contributed by atoms with Crippen LogP contribution in [0.1, 0.15) is 33.3 Å². The van der Waals surface area contributed by atoms with Gasteiger partial charge in [-0.3, -0.25) is 4.90 Å². The average molecular weight is 278 g/mol. The zero-order chi connectivity index (χ0) is 14.8. The number of nitrogens with zero attached hydrogens (tertiary/aromatic N) is 1. The highest BCUT2D eigenvalue weighted by atomic mass is 19.1. The van der Waals surface area contributed by atoms with Crippen molar-refractivity contribution in [2.24, 2.45) is 5.41 Å². The molecule has 1 fully saturated rings. The molecular formula is C17H27FN2. The fraction of sp³-hybridized carbons (Fsp3) is 0.647. The third-order valence-corrected chi connectivity index (χ3v) is 4.32. The lowest BCUT2D eigenvalue weighted by molar-refractivity contribution is 0.0948. The van der Waals surface area contributed by atoms with Crippen molar-refractivity contribution in [1.82, 2.24) is 10.2 Å². The molecule has 0 aromatic heterocycles. The Balaban J connectivity index is 1.93. The Hall–Kier alpha value is -0.930. The predicted octanol–water partition coefficient (Wildman–Crippen LogP) is 3.08. The molecule has 1 aromatic rings. The molecule has 0 bridgehead atoms. The molecule has 1 aliphatic heterocycles. The number of rotatable bonds is 3. The first-order valence-electron chi connectivity index (χ1n) is 7.58. The third-order valence-electron chi connectivity index (χ3n) is 4.32. The summed E-state index contributed by atoms with van der Waals surface area (Å²) in [6.45, 7) is 12.2. The maximum Gasteiger partial charge on any atom is 0.123 e. The number of hydrogen-bond acceptors (Lipinski definition) is 2. The molecule has 0 saturated carbocycles. The molecule has 1 saturated heterocycles. The maximum absolute atomic E-state index is 13.2. The molecule has 0 radical (unpaired) electrons. The molecule has 2 nitrogen and oxygen atoms in total. The number of hydrogen-bond donors (Lipinski definition) is 1. The van der Waals surface area contributed by atoms with E-state index >= 15 is 0 Å². The van der Waals surface area contributed by atoms with E-state index in [1.807, 2.05) is 6.07 Å². The molecule has 2 unspecified atom stereocenters. The van der Waals surface area contributed by atoms with Gasteiger partial charge in [-0.1, -0.05) is 32.9 Å². The van der Waals surface area contributed by atoms with Gasteiger partial charge >= 0.3 is 0 Å². The van der Waals surface area contributed by atoms with Crippen LogP contribution in [-0.2, 0) is 6.42 Å². The van der Waals surface area contributed by atoms with Crippen LogP contribution in [0.5, 0.6) is 0 Å². The number of nitrogens with one attached hydrogen (secondary N) is 1. The normalized spacial score (nSPS) is 24.9. The molecule has 112 valence electrons. The predicted molar refractivity (Wildman–Crippen MR) is 82.4 cm³/mol. The molecule has 2 rings (SSSR count). The molecule has 0 amide bonds. The summed E-state index contributed by atoms with van der Waals surface area (Å²) in [5.41, 5.74) is 1.36. The van der Waals surface area contributed by atoms with Gasteiger partial charge in [-0.2, -0.15) is 0 Å². The fourth-order valence-corrected chi connectivity index (χ4v) is 2.78. The summed E-state index contributed by atoms with van der Waals surface area (Å²) in [5.74, 6) is -0.136. The molecule has 20 heavy (non-hydrogen) atoms. The van der Waals surface area contributed by atoms with E-state index in [9.17, 15) is 4.39 Å². The SMILES string of the molecule is CC1CNC(C(C)(C)C)CN1CCc1cccc(F)c1. The van der Waals surface area contributed by atoms with Crippen molar-refractivity contribution < 1.29 is 4.39 Å². The summed E-state index contributed by atoms with van der Waals surface area (Å²) in [7, 11) is 0. The van der Waals surface area contributed by atoms with Crippen molar-refractivity contribution in [3.63, 3.8) is 0 Å². The van der Waals surface area contributed by atoms with E-state index in [0.29, 0.717) is 12.1 Å². The van der Waals surface area contributed by atoms with Crippen LogP contribution in [0.15, 0.2) is 24.3 Å². The Morgan fingerprint density at radius 3 is 2.75 bits per heavy atom. The second kappa shape index (κ2) is 6.23. The van der Waals surface area contributed by atoms with Crippen molar-refractivity contribution in [1.29, 1.82) is 0 Å². The van der Waals surface area contributed by atoms with E-state index in [1.165, 1.54) is 6.07 Å². The van der Waals surface area contributed by atoms with Crippen molar-refractivity contribution in [2.45, 2.75) is 46.2 Å². The molecule has 2 atom stereocenters. The smallest absolute Gasteiger partial charge is 0.123 e. The summed E-state index contributed by atoms with van der Waals surface area (Å²) in [4.78, 5) is 2.53. The number of benzene rings is 1. The van der Waals surface area contributed by atoms with Crippen LogP contribution in [0.4, 0.5) is 4.39 Å². The molecule has 1 heterocycles. The Kier molecular flexibility index (Phi) is 4.82. The Morgan fingerprint density at radius 1 is 1.35 bits per heavy atom. The zero-order valence-electron chi connectivity index (χ0n) is 13.1. The van der Waals surface area contributed by atoms with Gasteiger partial charge in [0.15, 0.2) is 0 Å². The van der Waals surface area contributed by atoms with Gasteiger partial charge in [-0.05, 0) is 36.5 Å². The summed E-state index contributed by atoms with van der Waals surface area (Å²) < 4.78 is 13.2. The van der Waals surface area contributed by atoms with E-state index in [0.717, 1.165) is 31.6 Å². The maximum atomic E-state index is 13.2. The topological polar surface area (TPSA) is 15.3 Å². The first kappa shape index (κ1) is 15.5. The van der Waals surface area contributed by atoms with Gasteiger partial charge in [0, 0.05) is 31.7 Å². The van der Waals surface area contributed by atoms with Gasteiger partial charge in [-0.25, -0.2) is 4.39 Å². The Labute approximate surface area is 122 Å². The Morgan fingerprint density at radius 2 is 2.10 bits per heavy atom. The summed E-state index contributed by atoms with van der Waals surface area (Å²) in [5, 5.41) is 3.64. The van der Waals surface area contributed by atoms with Crippen LogP contribution in [-0.4, -0.2) is 36.6 Å². The number of halogens is 1. The summed E-state index contributed by atoms with van der Waals surface area (Å²) >= 11 is 0. The van der Waals surface area contributed by atoms with Crippen molar-refractivity contribution in [3.05, 3.63) is 35.6 Å². The van der Waals surface area contributed by atoms with Crippen LogP contribution in [0.25, 0.3) is 0 Å². The zero-order valence-corrected chi connectivity index (χ0v) is 13.1. The second-order valence-electron chi connectivity index (χ2n) is 7.05. The van der Waals surface area contributed by atoms with Crippen LogP contribution >= 0.6 is 0 Å². The van der Waals surface area contributed by atoms with E-state index in [4.69, 9.17) is 0 Å². The number of piperazine rings is 1. The van der Waals surface area contributed by atoms with Gasteiger partial charge in [-0.15, -0.1) is 0 Å². The van der Waals surface area contributed by atoms with E-state index < -0.39 is 0 Å². The lowest BCUT2D eigenvalue weighted by Gasteiger charge is -2.44. The quantitative estimate of drug-likeness (QED) is 0.914. The van der Waals surface area contributed by atoms with Gasteiger partial charge in [0.25, 0.3) is 0 Å². The van der Waals surface area contributed by atoms with Gasteiger partial charge in [0.1, 0.15) is 5.82 Å². The van der Waals surface area contributed by atoms with Crippen molar-refractivity contribution >= 4 is 0 Å². The molecule has 0 spiro atoms. The van der Waals surface area contributed by atoms with E-state index in [2.05, 4.69) is 37.9 Å². The minimum atomic E-state index is -0.136. The lowest BCUT2D eigenvalue weighted by Crippen LogP contribution is -2.59. The molecule has 3 heteroatoms. The monoisotopic (exact) mass is 278 g/mol. The molecule has 0 aliphatic carbocycles. The highest BCUT2D eigenvalue weighted by molar-refractivity contribution is 5.16. The van der Waals surface area contributed by atoms with Crippen LogP contribution in [0.3, 0.4) is 0 Å². The average Bonchev–Trinajstić information content (AvgIpc) is 2.36. The van der Waals surface area contributed by atoms with Crippen LogP contribution < -0.4 is 5.32 Å². The van der Waals surface area contributed by atoms with Crippen LogP contribution in [0.2, 0.25) is 0 Å². The van der Waals surface area contributed by atoms with Crippen molar-refractivity contribution in [3.8, 4) is 0 Å². The van der Waals surface area contributed by atoms with Crippen molar-refractivity contribution in [2.75, 3.05) is 19.6 Å². The molecular weight excluding hydrogens is 251 g/mol. The first-order valence-corrected chi connectivity index (χ1v) is 7.58. The minimum absolute atomic E-state index is 0.136. The standard InChI is InChI=1S/C17H27FN2/c1-13-11-19-16(17(2,3)4)12-20(13)9-8-14-6-5-7-15(18)10-14/h5-7,10,13,16,19H,8-9,11-12H2,1-4H3. The second-order valence-corrected chi connectivity index (χ2v) is 7.05.